The van der Waals surface area contributed by atoms with Crippen LogP contribution in [0.1, 0.15) is 0 Å². The van der Waals surface area contributed by atoms with E-state index in [9.17, 15) is 0 Å². The second-order valence-electron chi connectivity index (χ2n) is 15.1. The molecule has 0 spiro atoms. The van der Waals surface area contributed by atoms with Crippen LogP contribution in [0.25, 0.3) is 86.9 Å². The van der Waals surface area contributed by atoms with Gasteiger partial charge in [-0.3, -0.25) is 0 Å². The number of hydrogen-bond donors (Lipinski definition) is 0. The van der Waals surface area contributed by atoms with Crippen LogP contribution >= 0.6 is 0 Å². The number of benzene rings is 9. The molecule has 0 fully saturated rings. The van der Waals surface area contributed by atoms with E-state index in [2.05, 4.69) is 0 Å². The number of rotatable bonds is 2. The van der Waals surface area contributed by atoms with Crippen LogP contribution in [-0.4, -0.2) is 173 Å². The normalized spacial score (nSPS) is 12.1. The van der Waals surface area contributed by atoms with Crippen LogP contribution in [0.4, 0.5) is 0 Å². The predicted molar refractivity (Wildman–Crippen MR) is 283 cm³/mol. The van der Waals surface area contributed by atoms with Crippen LogP contribution < -0.4 is 120 Å². The topological polar surface area (TPSA) is 0 Å². The maximum atomic E-state index is 7.26. The average molecular weight is 694 g/mol. The van der Waals surface area contributed by atoms with Crippen LogP contribution in [0, 0.1) is 0 Å². The van der Waals surface area contributed by atoms with E-state index in [-0.39, 0.29) is 186 Å². The molecule has 0 unspecified atom stereocenters. The van der Waals surface area contributed by atoms with Crippen LogP contribution in [-0.2, 0) is 0 Å². The second kappa shape index (κ2) is 13.5. The van der Waals surface area contributed by atoms with Gasteiger partial charge in [0, 0.05) is 0 Å². The van der Waals surface area contributed by atoms with E-state index in [0.717, 1.165) is 0 Å². The molecule has 9 aromatic rings. The maximum absolute atomic E-state index is 7.26. The standard InChI is InChI=1S/C38B22/c39-17-15(7-5-1-3-11(24(46)18(5)40)30(52)36(58)32(54)13(3)28(50)26(48)9(1)22(44)20(7)42)34(56)38(60)35(57)16(17)8-6-2-4-12(25(47)19(6)41)31(53)37(59)33(55)14(4)29(51)27(49)10(2)23(45)21(8)43. The van der Waals surface area contributed by atoms with Gasteiger partial charge >= 0.3 is 0 Å². The molecule has 9 rings (SSSR count). The summed E-state index contributed by atoms with van der Waals surface area (Å²) >= 11 is 0. The Balaban J connectivity index is 1.55. The first-order chi connectivity index (χ1) is 28.0. The Bertz CT molecular complexity index is 3280. The average Bonchev–Trinajstić information content (AvgIpc) is 3.20. The lowest BCUT2D eigenvalue weighted by atomic mass is 9.55. The van der Waals surface area contributed by atoms with Gasteiger partial charge in [-0.15, -0.1) is 16.4 Å². The monoisotopic (exact) mass is 698 g/mol. The van der Waals surface area contributed by atoms with E-state index < -0.39 is 0 Å². The van der Waals surface area contributed by atoms with E-state index in [0.29, 0.717) is 21.5 Å². The highest BCUT2D eigenvalue weighted by atomic mass is 14.3. The summed E-state index contributed by atoms with van der Waals surface area (Å²) in [5.74, 6) is 0. The highest BCUT2D eigenvalue weighted by Gasteiger charge is 2.30. The first-order valence-electron chi connectivity index (χ1n) is 17.9. The maximum Gasteiger partial charge on any atom is 0.115 e. The highest BCUT2D eigenvalue weighted by molar-refractivity contribution is 6.78. The zero-order chi connectivity index (χ0) is 43.9. The van der Waals surface area contributed by atoms with Crippen molar-refractivity contribution in [1.82, 2.24) is 0 Å². The third kappa shape index (κ3) is 4.79. The van der Waals surface area contributed by atoms with Gasteiger partial charge in [0.05, 0.1) is 0 Å². The van der Waals surface area contributed by atoms with Crippen molar-refractivity contribution in [2.24, 2.45) is 0 Å². The fourth-order valence-electron chi connectivity index (χ4n) is 9.38. The minimum atomic E-state index is -0.158. The van der Waals surface area contributed by atoms with Gasteiger partial charge in [0.1, 0.15) is 173 Å². The SMILES string of the molecule is [B]c1c([B])c(-c2c([B])c([B])c3c([B])c([B])c4c([B])c([B])c([B])c5c([B])c([B])c2c3c45)c([B])c(-c2c([B])c([B])c3c([B])c([B])c4c([B])c([B])c([B])c5c([B])c([B])c2c3c45)c1[B]. The van der Waals surface area contributed by atoms with Crippen LogP contribution in [0.15, 0.2) is 0 Å². The molecule has 60 heavy (non-hydrogen) atoms. The molecular formula is C38B22. The molecule has 0 nitrogen and oxygen atoms in total. The predicted octanol–water partition coefficient (Wildman–Crippen LogP) is -15.7. The Morgan fingerprint density at radius 1 is 0.100 bits per heavy atom. The third-order valence-electron chi connectivity index (χ3n) is 12.4. The lowest BCUT2D eigenvalue weighted by molar-refractivity contribution is 1.84. The molecule has 0 heterocycles. The molecular weight excluding hydrogens is 694 g/mol. The van der Waals surface area contributed by atoms with Crippen molar-refractivity contribution in [3.63, 3.8) is 0 Å². The minimum Gasteiger partial charge on any atom is -0.109 e. The van der Waals surface area contributed by atoms with Crippen LogP contribution in [0.3, 0.4) is 0 Å². The summed E-state index contributed by atoms with van der Waals surface area (Å²) in [5, 5.41) is 3.16. The third-order valence-corrected chi connectivity index (χ3v) is 12.4. The lowest BCUT2D eigenvalue weighted by Gasteiger charge is -2.33. The zero-order valence-corrected chi connectivity index (χ0v) is 31.7. The zero-order valence-electron chi connectivity index (χ0n) is 31.7. The summed E-state index contributed by atoms with van der Waals surface area (Å²) < 4.78 is 0. The molecule has 0 saturated heterocycles. The molecule has 0 bridgehead atoms. The molecule has 0 aliphatic heterocycles. The van der Waals surface area contributed by atoms with Gasteiger partial charge < -0.3 is 0 Å². The Morgan fingerprint density at radius 2 is 0.250 bits per heavy atom. The van der Waals surface area contributed by atoms with Gasteiger partial charge in [0.15, 0.2) is 0 Å². The lowest BCUT2D eigenvalue weighted by Crippen LogP contribution is -2.50. The van der Waals surface area contributed by atoms with E-state index in [1.807, 2.05) is 0 Å². The van der Waals surface area contributed by atoms with Crippen LogP contribution in [0.2, 0.25) is 0 Å². The van der Waals surface area contributed by atoms with Gasteiger partial charge in [0.2, 0.25) is 0 Å². The minimum absolute atomic E-state index is 0.00327. The summed E-state index contributed by atoms with van der Waals surface area (Å²) in [7, 11) is 149. The van der Waals surface area contributed by atoms with Crippen LogP contribution in [0.5, 0.6) is 0 Å². The molecule has 44 radical (unpaired) electrons. The molecule has 0 saturated carbocycles. The second-order valence-corrected chi connectivity index (χ2v) is 15.1. The molecule has 0 atom stereocenters. The van der Waals surface area contributed by atoms with E-state index in [1.54, 1.807) is 0 Å². The Kier molecular flexibility index (Phi) is 9.41. The Labute approximate surface area is 377 Å². The summed E-state index contributed by atoms with van der Waals surface area (Å²) in [5.41, 5.74) is -0.363. The van der Waals surface area contributed by atoms with Crippen molar-refractivity contribution in [3.05, 3.63) is 0 Å². The van der Waals surface area contributed by atoms with Crippen molar-refractivity contribution in [3.8, 4) is 22.3 Å². The first-order valence-corrected chi connectivity index (χ1v) is 17.9. The number of hydrogen-bond acceptors (Lipinski definition) is 0. The highest BCUT2D eigenvalue weighted by Crippen LogP contribution is 2.35. The fourth-order valence-corrected chi connectivity index (χ4v) is 9.38. The van der Waals surface area contributed by atoms with Crippen molar-refractivity contribution < 1.29 is 0 Å². The van der Waals surface area contributed by atoms with Gasteiger partial charge in [-0.2, -0.15) is 0 Å². The summed E-state index contributed by atoms with van der Waals surface area (Å²) in [4.78, 5) is 0. The van der Waals surface area contributed by atoms with E-state index in [1.165, 1.54) is 0 Å². The largest absolute Gasteiger partial charge is 0.115 e. The van der Waals surface area contributed by atoms with Crippen molar-refractivity contribution in [2.75, 3.05) is 0 Å². The fraction of sp³-hybridized carbons (Fsp3) is 0. The van der Waals surface area contributed by atoms with Gasteiger partial charge in [-0.05, 0) is 86.9 Å². The molecule has 0 aliphatic rings. The van der Waals surface area contributed by atoms with Gasteiger partial charge in [-0.1, -0.05) is 104 Å². The van der Waals surface area contributed by atoms with E-state index in [4.69, 9.17) is 173 Å². The smallest absolute Gasteiger partial charge is 0.109 e. The Morgan fingerprint density at radius 3 is 0.500 bits per heavy atom. The molecule has 0 aromatic heterocycles. The molecule has 22 heteroatoms. The Hall–Kier alpha value is -3.51. The van der Waals surface area contributed by atoms with Gasteiger partial charge in [0.25, 0.3) is 0 Å². The molecule has 0 aliphatic carbocycles. The quantitative estimate of drug-likeness (QED) is 0.125. The summed E-state index contributed by atoms with van der Waals surface area (Å²) in [6.07, 6.45) is 0. The molecule has 0 amide bonds. The van der Waals surface area contributed by atoms with Crippen molar-refractivity contribution >= 4 is 357 Å². The molecule has 9 aromatic carbocycles. The van der Waals surface area contributed by atoms with Crippen molar-refractivity contribution in [1.29, 1.82) is 0 Å². The van der Waals surface area contributed by atoms with E-state index >= 15 is 0 Å². The summed E-state index contributed by atoms with van der Waals surface area (Å²) in [6, 6.07) is 0. The van der Waals surface area contributed by atoms with Gasteiger partial charge in [-0.25, -0.2) is 0 Å². The summed E-state index contributed by atoms with van der Waals surface area (Å²) in [6.45, 7) is 0. The molecule has 218 valence electrons. The van der Waals surface area contributed by atoms with Crippen molar-refractivity contribution in [2.45, 2.75) is 0 Å². The first kappa shape index (κ1) is 41.8. The molecule has 0 N–H and O–H groups in total.